The van der Waals surface area contributed by atoms with Gasteiger partial charge in [-0.3, -0.25) is 4.90 Å². The van der Waals surface area contributed by atoms with Crippen LogP contribution in [0.4, 0.5) is 10.8 Å². The van der Waals surface area contributed by atoms with E-state index in [4.69, 9.17) is 11.0 Å². The standard InChI is InChI=1S/C12H19N5S/c1-9(17-5-3-2-4-6-17)8-15-12-10(7-13)11(14)16-18-12/h9,15H,2-6,8H2,1H3,(H2,14,16). The van der Waals surface area contributed by atoms with Gasteiger partial charge in [-0.25, -0.2) is 0 Å². The lowest BCUT2D eigenvalue weighted by Gasteiger charge is -2.32. The molecule has 1 unspecified atom stereocenters. The Morgan fingerprint density at radius 1 is 1.50 bits per heavy atom. The third-order valence-corrected chi connectivity index (χ3v) is 4.22. The first-order chi connectivity index (χ1) is 8.72. The minimum absolute atomic E-state index is 0.329. The van der Waals surface area contributed by atoms with E-state index in [1.807, 2.05) is 0 Å². The van der Waals surface area contributed by atoms with Gasteiger partial charge in [-0.05, 0) is 44.4 Å². The summed E-state index contributed by atoms with van der Waals surface area (Å²) >= 11 is 1.26. The van der Waals surface area contributed by atoms with Gasteiger partial charge in [-0.2, -0.15) is 9.64 Å². The molecule has 1 aliphatic rings. The number of piperidine rings is 1. The highest BCUT2D eigenvalue weighted by Gasteiger charge is 2.17. The van der Waals surface area contributed by atoms with Crippen LogP contribution in [0.3, 0.4) is 0 Å². The predicted molar refractivity (Wildman–Crippen MR) is 74.6 cm³/mol. The Kier molecular flexibility index (Phi) is 4.39. The van der Waals surface area contributed by atoms with E-state index in [1.54, 1.807) is 0 Å². The van der Waals surface area contributed by atoms with Gasteiger partial charge < -0.3 is 11.1 Å². The summed E-state index contributed by atoms with van der Waals surface area (Å²) in [6, 6.07) is 2.57. The van der Waals surface area contributed by atoms with E-state index in [0.29, 0.717) is 17.4 Å². The molecule has 0 radical (unpaired) electrons. The average Bonchev–Trinajstić information content (AvgIpc) is 2.77. The highest BCUT2D eigenvalue weighted by atomic mass is 32.1. The molecule has 1 fully saturated rings. The van der Waals surface area contributed by atoms with Crippen LogP contribution < -0.4 is 11.1 Å². The fourth-order valence-corrected chi connectivity index (χ4v) is 2.93. The van der Waals surface area contributed by atoms with E-state index in [2.05, 4.69) is 27.6 Å². The Hall–Kier alpha value is -1.32. The van der Waals surface area contributed by atoms with E-state index < -0.39 is 0 Å². The van der Waals surface area contributed by atoms with Crippen molar-refractivity contribution in [2.45, 2.75) is 32.2 Å². The number of hydrogen-bond donors (Lipinski definition) is 2. The molecule has 0 saturated carbocycles. The second kappa shape index (κ2) is 6.03. The molecule has 1 aliphatic heterocycles. The number of nitrogen functional groups attached to an aromatic ring is 1. The minimum atomic E-state index is 0.329. The fraction of sp³-hybridized carbons (Fsp3) is 0.667. The van der Waals surface area contributed by atoms with Gasteiger partial charge in [0.05, 0.1) is 0 Å². The average molecular weight is 265 g/mol. The molecule has 1 aromatic rings. The van der Waals surface area contributed by atoms with Gasteiger partial charge in [0.2, 0.25) is 0 Å². The molecule has 3 N–H and O–H groups in total. The van der Waals surface area contributed by atoms with Crippen molar-refractivity contribution in [3.05, 3.63) is 5.56 Å². The van der Waals surface area contributed by atoms with Crippen molar-refractivity contribution in [2.75, 3.05) is 30.7 Å². The Morgan fingerprint density at radius 2 is 2.22 bits per heavy atom. The van der Waals surface area contributed by atoms with Gasteiger partial charge in [-0.15, -0.1) is 0 Å². The summed E-state index contributed by atoms with van der Waals surface area (Å²) in [7, 11) is 0. The van der Waals surface area contributed by atoms with Crippen LogP contribution in [0.1, 0.15) is 31.7 Å². The highest BCUT2D eigenvalue weighted by Crippen LogP contribution is 2.25. The molecule has 1 aromatic heterocycles. The van der Waals surface area contributed by atoms with Gasteiger partial charge in [0.1, 0.15) is 16.6 Å². The Morgan fingerprint density at radius 3 is 2.89 bits per heavy atom. The summed E-state index contributed by atoms with van der Waals surface area (Å²) in [6.45, 7) is 5.41. The van der Waals surface area contributed by atoms with Crippen molar-refractivity contribution >= 4 is 22.4 Å². The lowest BCUT2D eigenvalue weighted by Crippen LogP contribution is -2.41. The Labute approximate surface area is 112 Å². The number of rotatable bonds is 4. The molecule has 0 aromatic carbocycles. The van der Waals surface area contributed by atoms with Gasteiger partial charge in [0.25, 0.3) is 0 Å². The normalized spacial score (nSPS) is 18.2. The topological polar surface area (TPSA) is 78.0 Å². The Bertz CT molecular complexity index is 430. The number of anilines is 2. The van der Waals surface area contributed by atoms with Crippen LogP contribution in [0.5, 0.6) is 0 Å². The summed E-state index contributed by atoms with van der Waals surface area (Å²) in [5, 5.41) is 13.1. The van der Waals surface area contributed by atoms with Crippen molar-refractivity contribution in [3.8, 4) is 6.07 Å². The SMILES string of the molecule is CC(CNc1snc(N)c1C#N)N1CCCCC1. The van der Waals surface area contributed by atoms with E-state index in [9.17, 15) is 0 Å². The molecule has 1 saturated heterocycles. The van der Waals surface area contributed by atoms with Gasteiger partial charge in [-0.1, -0.05) is 6.42 Å². The lowest BCUT2D eigenvalue weighted by atomic mass is 10.1. The zero-order valence-electron chi connectivity index (χ0n) is 10.6. The smallest absolute Gasteiger partial charge is 0.157 e. The number of hydrogen-bond acceptors (Lipinski definition) is 6. The first-order valence-electron chi connectivity index (χ1n) is 6.35. The van der Waals surface area contributed by atoms with E-state index >= 15 is 0 Å². The van der Waals surface area contributed by atoms with Crippen molar-refractivity contribution in [1.29, 1.82) is 5.26 Å². The van der Waals surface area contributed by atoms with Crippen LogP contribution in [-0.4, -0.2) is 34.9 Å². The van der Waals surface area contributed by atoms with Gasteiger partial charge >= 0.3 is 0 Å². The largest absolute Gasteiger partial charge is 0.382 e. The lowest BCUT2D eigenvalue weighted by molar-refractivity contribution is 0.181. The number of nitriles is 1. The molecular weight excluding hydrogens is 246 g/mol. The number of nitrogens with two attached hydrogens (primary N) is 1. The summed E-state index contributed by atoms with van der Waals surface area (Å²) in [4.78, 5) is 2.49. The maximum absolute atomic E-state index is 8.99. The maximum atomic E-state index is 8.99. The molecule has 2 rings (SSSR count). The molecule has 98 valence electrons. The molecule has 2 heterocycles. The first kappa shape index (κ1) is 13.1. The van der Waals surface area contributed by atoms with Crippen molar-refractivity contribution in [2.24, 2.45) is 0 Å². The van der Waals surface area contributed by atoms with Crippen LogP contribution in [0.2, 0.25) is 0 Å². The number of nitrogens with one attached hydrogen (secondary N) is 1. The van der Waals surface area contributed by atoms with Crippen LogP contribution in [0.25, 0.3) is 0 Å². The molecule has 0 spiro atoms. The molecule has 6 heteroatoms. The molecule has 18 heavy (non-hydrogen) atoms. The molecular formula is C12H19N5S. The molecule has 1 atom stereocenters. The number of nitrogens with zero attached hydrogens (tertiary/aromatic N) is 3. The molecule has 0 aliphatic carbocycles. The molecule has 0 bridgehead atoms. The second-order valence-corrected chi connectivity index (χ2v) is 5.48. The third-order valence-electron chi connectivity index (χ3n) is 3.40. The van der Waals surface area contributed by atoms with Gasteiger partial charge in [0.15, 0.2) is 5.82 Å². The predicted octanol–water partition coefficient (Wildman–Crippen LogP) is 1.88. The van der Waals surface area contributed by atoms with Crippen LogP contribution >= 0.6 is 11.5 Å². The number of aromatic nitrogens is 1. The van der Waals surface area contributed by atoms with Crippen LogP contribution in [0, 0.1) is 11.3 Å². The zero-order valence-corrected chi connectivity index (χ0v) is 11.5. The van der Waals surface area contributed by atoms with Crippen LogP contribution in [-0.2, 0) is 0 Å². The van der Waals surface area contributed by atoms with Crippen molar-refractivity contribution in [1.82, 2.24) is 9.27 Å². The third kappa shape index (κ3) is 2.92. The monoisotopic (exact) mass is 265 g/mol. The maximum Gasteiger partial charge on any atom is 0.157 e. The molecule has 0 amide bonds. The second-order valence-electron chi connectivity index (χ2n) is 4.71. The van der Waals surface area contributed by atoms with Crippen LogP contribution in [0.15, 0.2) is 0 Å². The van der Waals surface area contributed by atoms with Gasteiger partial charge in [0, 0.05) is 12.6 Å². The summed E-state index contributed by atoms with van der Waals surface area (Å²) in [5.41, 5.74) is 6.11. The van der Waals surface area contributed by atoms with E-state index in [1.165, 1.54) is 43.9 Å². The van der Waals surface area contributed by atoms with E-state index in [-0.39, 0.29) is 0 Å². The minimum Gasteiger partial charge on any atom is -0.382 e. The zero-order chi connectivity index (χ0) is 13.0. The Balaban J connectivity index is 1.88. The first-order valence-corrected chi connectivity index (χ1v) is 7.13. The summed E-state index contributed by atoms with van der Waals surface area (Å²) < 4.78 is 4.00. The molecule has 5 nitrogen and oxygen atoms in total. The quantitative estimate of drug-likeness (QED) is 0.869. The summed E-state index contributed by atoms with van der Waals surface area (Å²) in [6.07, 6.45) is 3.93. The summed E-state index contributed by atoms with van der Waals surface area (Å²) in [5.74, 6) is 0.329. The van der Waals surface area contributed by atoms with E-state index in [0.717, 1.165) is 11.5 Å². The van der Waals surface area contributed by atoms with Crippen molar-refractivity contribution in [3.63, 3.8) is 0 Å². The fourth-order valence-electron chi connectivity index (χ4n) is 2.26. The van der Waals surface area contributed by atoms with Crippen molar-refractivity contribution < 1.29 is 0 Å². The highest BCUT2D eigenvalue weighted by molar-refractivity contribution is 7.10. The number of likely N-dealkylation sites (tertiary alicyclic amines) is 1.